The summed E-state index contributed by atoms with van der Waals surface area (Å²) in [6.45, 7) is 0. The van der Waals surface area contributed by atoms with Crippen LogP contribution in [0.2, 0.25) is 0 Å². The molecule has 3 aliphatic carbocycles. The molecule has 5 rings (SSSR count). The molecule has 0 aromatic heterocycles. The van der Waals surface area contributed by atoms with Crippen LogP contribution in [0, 0.1) is 11.8 Å². The van der Waals surface area contributed by atoms with Gasteiger partial charge in [0.15, 0.2) is 0 Å². The Balaban J connectivity index is 1.65. The van der Waals surface area contributed by atoms with Gasteiger partial charge in [0.1, 0.15) is 0 Å². The second kappa shape index (κ2) is 3.86. The summed E-state index contributed by atoms with van der Waals surface area (Å²) >= 11 is 0. The highest BCUT2D eigenvalue weighted by Gasteiger charge is 2.57. The molecule has 0 N–H and O–H groups in total. The van der Waals surface area contributed by atoms with Gasteiger partial charge >= 0.3 is 0 Å². The normalized spacial score (nSPS) is 54.1. The smallest absolute Gasteiger partial charge is 0.0965 e. The van der Waals surface area contributed by atoms with Gasteiger partial charge in [0.2, 0.25) is 0 Å². The van der Waals surface area contributed by atoms with Crippen LogP contribution in [-0.2, 0) is 4.57 Å². The zero-order valence-electron chi connectivity index (χ0n) is 10.8. The summed E-state index contributed by atoms with van der Waals surface area (Å²) in [7, 11) is -1.81. The number of hydrogen-bond acceptors (Lipinski definition) is 1. The van der Waals surface area contributed by atoms with Crippen LogP contribution < -0.4 is 0 Å². The molecule has 2 heteroatoms. The zero-order chi connectivity index (χ0) is 11.5. The van der Waals surface area contributed by atoms with E-state index in [0.29, 0.717) is 17.0 Å². The minimum absolute atomic E-state index is 0.659. The van der Waals surface area contributed by atoms with Gasteiger partial charge in [0.25, 0.3) is 0 Å². The third-order valence-electron chi connectivity index (χ3n) is 6.38. The Bertz CT molecular complexity index is 316. The van der Waals surface area contributed by atoms with Crippen LogP contribution in [0.5, 0.6) is 0 Å². The summed E-state index contributed by atoms with van der Waals surface area (Å²) in [4.78, 5) is 0. The maximum atomic E-state index is 13.7. The van der Waals surface area contributed by atoms with Crippen molar-refractivity contribution in [3.05, 3.63) is 0 Å². The van der Waals surface area contributed by atoms with Crippen molar-refractivity contribution in [3.8, 4) is 0 Å². The Morgan fingerprint density at radius 1 is 0.647 bits per heavy atom. The van der Waals surface area contributed by atoms with E-state index in [1.54, 1.807) is 0 Å². The molecule has 17 heavy (non-hydrogen) atoms. The van der Waals surface area contributed by atoms with E-state index in [-0.39, 0.29) is 0 Å². The summed E-state index contributed by atoms with van der Waals surface area (Å²) in [6, 6.07) is 0. The average molecular weight is 252 g/mol. The monoisotopic (exact) mass is 252 g/mol. The SMILES string of the molecule is O=P1(C2CCCCC2)C2CC3CC(C2)CC1C3. The molecule has 0 radical (unpaired) electrons. The second-order valence-corrected chi connectivity index (χ2v) is 11.0. The van der Waals surface area contributed by atoms with E-state index in [0.717, 1.165) is 11.8 Å². The standard InChI is InChI=1S/C15H25OP/c16-17(13-4-2-1-3-5-13)14-7-11-6-12(9-14)10-15(17)8-11/h11-15H,1-10H2. The van der Waals surface area contributed by atoms with Crippen LogP contribution in [0.25, 0.3) is 0 Å². The number of hydrogen-bond donors (Lipinski definition) is 0. The molecule has 0 unspecified atom stereocenters. The van der Waals surface area contributed by atoms with Gasteiger partial charge in [0, 0.05) is 17.0 Å². The topological polar surface area (TPSA) is 17.1 Å². The van der Waals surface area contributed by atoms with E-state index in [1.807, 2.05) is 0 Å². The Labute approximate surface area is 105 Å². The van der Waals surface area contributed by atoms with Crippen molar-refractivity contribution in [2.75, 3.05) is 0 Å². The fourth-order valence-electron chi connectivity index (χ4n) is 5.82. The summed E-state index contributed by atoms with van der Waals surface area (Å²) < 4.78 is 13.7. The van der Waals surface area contributed by atoms with Crippen LogP contribution in [0.3, 0.4) is 0 Å². The highest BCUT2D eigenvalue weighted by Crippen LogP contribution is 2.75. The van der Waals surface area contributed by atoms with Crippen LogP contribution in [0.1, 0.15) is 64.2 Å². The molecular formula is C15H25OP. The first-order valence-corrected chi connectivity index (χ1v) is 9.77. The van der Waals surface area contributed by atoms with E-state index in [1.165, 1.54) is 64.2 Å². The summed E-state index contributed by atoms with van der Waals surface area (Å²) in [5.41, 5.74) is 2.02. The predicted molar refractivity (Wildman–Crippen MR) is 72.1 cm³/mol. The minimum atomic E-state index is -1.81. The highest BCUT2D eigenvalue weighted by molar-refractivity contribution is 7.66. The van der Waals surface area contributed by atoms with Gasteiger partial charge in [-0.25, -0.2) is 0 Å². The van der Waals surface area contributed by atoms with Crippen LogP contribution >= 0.6 is 7.14 Å². The third kappa shape index (κ3) is 1.54. The maximum absolute atomic E-state index is 13.7. The first-order chi connectivity index (χ1) is 8.27. The Morgan fingerprint density at radius 2 is 1.18 bits per heavy atom. The van der Waals surface area contributed by atoms with E-state index in [9.17, 15) is 4.57 Å². The largest absolute Gasteiger partial charge is 0.323 e. The Kier molecular flexibility index (Phi) is 2.52. The highest BCUT2D eigenvalue weighted by atomic mass is 31.2. The van der Waals surface area contributed by atoms with E-state index in [4.69, 9.17) is 0 Å². The first kappa shape index (κ1) is 11.1. The van der Waals surface area contributed by atoms with E-state index >= 15 is 0 Å². The quantitative estimate of drug-likeness (QED) is 0.621. The molecule has 0 aromatic carbocycles. The lowest BCUT2D eigenvalue weighted by Gasteiger charge is -2.56. The predicted octanol–water partition coefficient (Wildman–Crippen LogP) is 4.64. The maximum Gasteiger partial charge on any atom is 0.0965 e. The van der Waals surface area contributed by atoms with Crippen LogP contribution in [-0.4, -0.2) is 17.0 Å². The lowest BCUT2D eigenvalue weighted by atomic mass is 9.71. The molecule has 2 aliphatic heterocycles. The van der Waals surface area contributed by atoms with Crippen LogP contribution in [0.15, 0.2) is 0 Å². The molecular weight excluding hydrogens is 227 g/mol. The molecule has 0 aromatic rings. The fraction of sp³-hybridized carbons (Fsp3) is 1.00. The van der Waals surface area contributed by atoms with Gasteiger partial charge in [0.05, 0.1) is 7.14 Å². The molecule has 1 nitrogen and oxygen atoms in total. The van der Waals surface area contributed by atoms with Crippen molar-refractivity contribution in [2.24, 2.45) is 11.8 Å². The molecule has 5 aliphatic rings. The minimum Gasteiger partial charge on any atom is -0.323 e. The Morgan fingerprint density at radius 3 is 1.71 bits per heavy atom. The van der Waals surface area contributed by atoms with Crippen molar-refractivity contribution in [1.82, 2.24) is 0 Å². The average Bonchev–Trinajstić information content (AvgIpc) is 2.36. The number of rotatable bonds is 1. The van der Waals surface area contributed by atoms with E-state index < -0.39 is 7.14 Å². The summed E-state index contributed by atoms with van der Waals surface area (Å²) in [6.07, 6.45) is 13.6. The van der Waals surface area contributed by atoms with Crippen molar-refractivity contribution < 1.29 is 4.57 Å². The summed E-state index contributed by atoms with van der Waals surface area (Å²) in [5, 5.41) is 0. The van der Waals surface area contributed by atoms with Crippen molar-refractivity contribution >= 4 is 7.14 Å². The molecule has 2 saturated heterocycles. The van der Waals surface area contributed by atoms with Crippen LogP contribution in [0.4, 0.5) is 0 Å². The molecule has 4 bridgehead atoms. The van der Waals surface area contributed by atoms with Gasteiger partial charge in [-0.05, 0) is 56.8 Å². The third-order valence-corrected chi connectivity index (χ3v) is 11.2. The fourth-order valence-corrected chi connectivity index (χ4v) is 11.3. The summed E-state index contributed by atoms with van der Waals surface area (Å²) in [5.74, 6) is 1.95. The second-order valence-electron chi connectivity index (χ2n) is 7.27. The van der Waals surface area contributed by atoms with Crippen molar-refractivity contribution in [2.45, 2.75) is 81.2 Å². The molecule has 0 spiro atoms. The Hall–Kier alpha value is 0.230. The molecule has 2 heterocycles. The van der Waals surface area contributed by atoms with Gasteiger partial charge in [-0.1, -0.05) is 19.3 Å². The van der Waals surface area contributed by atoms with Gasteiger partial charge < -0.3 is 4.57 Å². The first-order valence-electron chi connectivity index (χ1n) is 7.86. The molecule has 0 amide bonds. The zero-order valence-corrected chi connectivity index (χ0v) is 11.7. The molecule has 5 fully saturated rings. The molecule has 3 saturated carbocycles. The van der Waals surface area contributed by atoms with Gasteiger partial charge in [-0.2, -0.15) is 0 Å². The lowest BCUT2D eigenvalue weighted by Crippen LogP contribution is -2.46. The molecule has 96 valence electrons. The van der Waals surface area contributed by atoms with Crippen molar-refractivity contribution in [3.63, 3.8) is 0 Å². The lowest BCUT2D eigenvalue weighted by molar-refractivity contribution is 0.167. The van der Waals surface area contributed by atoms with Gasteiger partial charge in [-0.15, -0.1) is 0 Å². The van der Waals surface area contributed by atoms with E-state index in [2.05, 4.69) is 0 Å². The van der Waals surface area contributed by atoms with Crippen molar-refractivity contribution in [1.29, 1.82) is 0 Å². The van der Waals surface area contributed by atoms with Gasteiger partial charge in [-0.3, -0.25) is 0 Å². The molecule has 0 atom stereocenters.